The van der Waals surface area contributed by atoms with Gasteiger partial charge in [-0.25, -0.2) is 4.39 Å². The van der Waals surface area contributed by atoms with Gasteiger partial charge in [-0.3, -0.25) is 4.99 Å². The van der Waals surface area contributed by atoms with Crippen LogP contribution in [0.5, 0.6) is 0 Å². The van der Waals surface area contributed by atoms with Crippen LogP contribution in [0.3, 0.4) is 0 Å². The van der Waals surface area contributed by atoms with Crippen LogP contribution in [0.4, 0.5) is 4.39 Å². The van der Waals surface area contributed by atoms with Gasteiger partial charge in [-0.15, -0.1) is 24.0 Å². The highest BCUT2D eigenvalue weighted by Crippen LogP contribution is 2.05. The van der Waals surface area contributed by atoms with Gasteiger partial charge < -0.3 is 15.5 Å². The molecular formula is C16H28FIN4. The molecule has 4 nitrogen and oxygen atoms in total. The fourth-order valence-corrected chi connectivity index (χ4v) is 1.92. The van der Waals surface area contributed by atoms with Crippen molar-refractivity contribution in [2.24, 2.45) is 4.99 Å². The normalized spacial score (nSPS) is 12.7. The van der Waals surface area contributed by atoms with E-state index in [0.717, 1.165) is 19.5 Å². The quantitative estimate of drug-likeness (QED) is 0.404. The SMILES string of the molecule is CCC(C)N(C)CCNC(=NC)NCc1ccccc1F.I. The van der Waals surface area contributed by atoms with Crippen molar-refractivity contribution in [1.82, 2.24) is 15.5 Å². The highest BCUT2D eigenvalue weighted by Gasteiger charge is 2.06. The number of benzene rings is 1. The van der Waals surface area contributed by atoms with Crippen LogP contribution in [0, 0.1) is 5.82 Å². The van der Waals surface area contributed by atoms with Crippen LogP contribution in [0.25, 0.3) is 0 Å². The van der Waals surface area contributed by atoms with Gasteiger partial charge in [0.15, 0.2) is 5.96 Å². The fraction of sp³-hybridized carbons (Fsp3) is 0.562. The molecule has 0 aliphatic heterocycles. The topological polar surface area (TPSA) is 39.7 Å². The summed E-state index contributed by atoms with van der Waals surface area (Å²) in [6.45, 7) is 6.56. The van der Waals surface area contributed by atoms with E-state index < -0.39 is 0 Å². The van der Waals surface area contributed by atoms with Crippen LogP contribution in [0.1, 0.15) is 25.8 Å². The molecule has 22 heavy (non-hydrogen) atoms. The van der Waals surface area contributed by atoms with Gasteiger partial charge in [0.05, 0.1) is 0 Å². The summed E-state index contributed by atoms with van der Waals surface area (Å²) in [5.74, 6) is 0.493. The zero-order valence-electron chi connectivity index (χ0n) is 13.9. The Morgan fingerprint density at radius 2 is 2.00 bits per heavy atom. The molecule has 0 radical (unpaired) electrons. The lowest BCUT2D eigenvalue weighted by Gasteiger charge is -2.24. The Kier molecular flexibility index (Phi) is 11.2. The molecule has 126 valence electrons. The lowest BCUT2D eigenvalue weighted by molar-refractivity contribution is 0.255. The summed E-state index contributed by atoms with van der Waals surface area (Å²) in [5.41, 5.74) is 0.636. The van der Waals surface area contributed by atoms with E-state index in [-0.39, 0.29) is 29.8 Å². The second kappa shape index (κ2) is 11.6. The van der Waals surface area contributed by atoms with Gasteiger partial charge >= 0.3 is 0 Å². The van der Waals surface area contributed by atoms with Crippen LogP contribution < -0.4 is 10.6 Å². The van der Waals surface area contributed by atoms with Crippen LogP contribution in [0.2, 0.25) is 0 Å². The molecule has 0 saturated carbocycles. The summed E-state index contributed by atoms with van der Waals surface area (Å²) in [4.78, 5) is 6.45. The summed E-state index contributed by atoms with van der Waals surface area (Å²) in [6, 6.07) is 7.33. The van der Waals surface area contributed by atoms with Crippen molar-refractivity contribution in [1.29, 1.82) is 0 Å². The summed E-state index contributed by atoms with van der Waals surface area (Å²) in [7, 11) is 3.83. The maximum Gasteiger partial charge on any atom is 0.191 e. The van der Waals surface area contributed by atoms with E-state index in [1.807, 2.05) is 6.07 Å². The smallest absolute Gasteiger partial charge is 0.191 e. The first-order valence-corrected chi connectivity index (χ1v) is 7.46. The van der Waals surface area contributed by atoms with E-state index in [0.29, 0.717) is 24.1 Å². The van der Waals surface area contributed by atoms with Crippen molar-refractivity contribution in [2.45, 2.75) is 32.9 Å². The molecule has 0 bridgehead atoms. The molecule has 0 heterocycles. The molecule has 0 spiro atoms. The van der Waals surface area contributed by atoms with Crippen LogP contribution in [-0.4, -0.2) is 44.1 Å². The molecule has 0 saturated heterocycles. The molecule has 1 aromatic rings. The Morgan fingerprint density at radius 3 is 2.59 bits per heavy atom. The van der Waals surface area contributed by atoms with Gasteiger partial charge in [0, 0.05) is 38.3 Å². The van der Waals surface area contributed by atoms with Gasteiger partial charge in [-0.1, -0.05) is 25.1 Å². The predicted octanol–water partition coefficient (Wildman–Crippen LogP) is 2.84. The molecule has 0 aliphatic rings. The number of guanidine groups is 1. The number of halogens is 2. The third-order valence-electron chi connectivity index (χ3n) is 3.73. The zero-order chi connectivity index (χ0) is 15.7. The highest BCUT2D eigenvalue weighted by atomic mass is 127. The first-order valence-electron chi connectivity index (χ1n) is 7.46. The van der Waals surface area contributed by atoms with Crippen LogP contribution >= 0.6 is 24.0 Å². The molecule has 1 aromatic carbocycles. The van der Waals surface area contributed by atoms with Gasteiger partial charge in [0.25, 0.3) is 0 Å². The second-order valence-corrected chi connectivity index (χ2v) is 5.18. The Labute approximate surface area is 150 Å². The van der Waals surface area contributed by atoms with E-state index in [9.17, 15) is 4.39 Å². The minimum Gasteiger partial charge on any atom is -0.355 e. The van der Waals surface area contributed by atoms with Gasteiger partial charge in [-0.05, 0) is 26.5 Å². The summed E-state index contributed by atoms with van der Waals surface area (Å²) in [6.07, 6.45) is 1.14. The first kappa shape index (κ1) is 21.1. The Balaban J connectivity index is 0.00000441. The molecule has 1 rings (SSSR count). The molecule has 1 atom stereocenters. The van der Waals surface area contributed by atoms with E-state index in [2.05, 4.69) is 41.4 Å². The third kappa shape index (κ3) is 7.40. The molecule has 0 aromatic heterocycles. The number of hydrogen-bond acceptors (Lipinski definition) is 2. The van der Waals surface area contributed by atoms with Gasteiger partial charge in [0.1, 0.15) is 5.82 Å². The second-order valence-electron chi connectivity index (χ2n) is 5.18. The summed E-state index contributed by atoms with van der Waals surface area (Å²) >= 11 is 0. The molecule has 0 amide bonds. The maximum atomic E-state index is 13.5. The first-order chi connectivity index (χ1) is 10.1. The Hall–Kier alpha value is -0.890. The Morgan fingerprint density at radius 1 is 1.32 bits per heavy atom. The standard InChI is InChI=1S/C16H27FN4.HI/c1-5-13(2)21(4)11-10-19-16(18-3)20-12-14-8-6-7-9-15(14)17;/h6-9,13H,5,10-12H2,1-4H3,(H2,18,19,20);1H. The maximum absolute atomic E-state index is 13.5. The largest absolute Gasteiger partial charge is 0.355 e. The number of hydrogen-bond donors (Lipinski definition) is 2. The molecule has 0 aliphatic carbocycles. The van der Waals surface area contributed by atoms with E-state index >= 15 is 0 Å². The lowest BCUT2D eigenvalue weighted by atomic mass is 10.2. The van der Waals surface area contributed by atoms with Crippen molar-refractivity contribution in [3.63, 3.8) is 0 Å². The number of aliphatic imine (C=N–C) groups is 1. The minimum atomic E-state index is -0.197. The molecule has 2 N–H and O–H groups in total. The number of nitrogens with zero attached hydrogens (tertiary/aromatic N) is 2. The number of likely N-dealkylation sites (N-methyl/N-ethyl adjacent to an activating group) is 1. The molecule has 0 fully saturated rings. The average molecular weight is 422 g/mol. The molecule has 6 heteroatoms. The van der Waals surface area contributed by atoms with Gasteiger partial charge in [-0.2, -0.15) is 0 Å². The van der Waals surface area contributed by atoms with Gasteiger partial charge in [0.2, 0.25) is 0 Å². The fourth-order valence-electron chi connectivity index (χ4n) is 1.92. The van der Waals surface area contributed by atoms with E-state index in [4.69, 9.17) is 0 Å². The number of rotatable bonds is 7. The zero-order valence-corrected chi connectivity index (χ0v) is 16.2. The highest BCUT2D eigenvalue weighted by molar-refractivity contribution is 14.0. The summed E-state index contributed by atoms with van der Waals surface area (Å²) in [5, 5.41) is 6.37. The van der Waals surface area contributed by atoms with Crippen molar-refractivity contribution in [2.75, 3.05) is 27.2 Å². The number of nitrogens with one attached hydrogen (secondary N) is 2. The molecular weight excluding hydrogens is 394 g/mol. The van der Waals surface area contributed by atoms with Crippen molar-refractivity contribution in [3.8, 4) is 0 Å². The Bertz CT molecular complexity index is 454. The minimum absolute atomic E-state index is 0. The van der Waals surface area contributed by atoms with E-state index in [1.54, 1.807) is 19.2 Å². The summed E-state index contributed by atoms with van der Waals surface area (Å²) < 4.78 is 13.5. The van der Waals surface area contributed by atoms with Crippen LogP contribution in [0.15, 0.2) is 29.3 Å². The van der Waals surface area contributed by atoms with Crippen molar-refractivity contribution < 1.29 is 4.39 Å². The lowest BCUT2D eigenvalue weighted by Crippen LogP contribution is -2.42. The van der Waals surface area contributed by atoms with Crippen molar-refractivity contribution in [3.05, 3.63) is 35.6 Å². The molecule has 1 unspecified atom stereocenters. The van der Waals surface area contributed by atoms with Crippen LogP contribution in [-0.2, 0) is 6.54 Å². The predicted molar refractivity (Wildman–Crippen MR) is 102 cm³/mol. The van der Waals surface area contributed by atoms with Crippen molar-refractivity contribution >= 4 is 29.9 Å². The average Bonchev–Trinajstić information content (AvgIpc) is 2.51. The van der Waals surface area contributed by atoms with E-state index in [1.165, 1.54) is 6.07 Å². The monoisotopic (exact) mass is 422 g/mol. The third-order valence-corrected chi connectivity index (χ3v) is 3.73.